The Morgan fingerprint density at radius 3 is 2.82 bits per heavy atom. The molecule has 0 aliphatic carbocycles. The van der Waals surface area contributed by atoms with Crippen molar-refractivity contribution in [3.8, 4) is 11.8 Å². The number of esters is 1. The van der Waals surface area contributed by atoms with Gasteiger partial charge >= 0.3 is 5.97 Å². The fourth-order valence-electron chi connectivity index (χ4n) is 2.26. The van der Waals surface area contributed by atoms with Gasteiger partial charge < -0.3 is 9.47 Å². The minimum absolute atomic E-state index is 0.404. The minimum atomic E-state index is -0.809. The zero-order valence-electron chi connectivity index (χ0n) is 10.0. The van der Waals surface area contributed by atoms with Crippen molar-refractivity contribution in [3.05, 3.63) is 28.3 Å². The largest absolute Gasteiger partial charge is 0.496 e. The maximum Gasteiger partial charge on any atom is 0.344 e. The van der Waals surface area contributed by atoms with Crippen LogP contribution in [0.5, 0.6) is 5.75 Å². The molecule has 1 unspecified atom stereocenters. The van der Waals surface area contributed by atoms with E-state index in [0.717, 1.165) is 17.5 Å². The van der Waals surface area contributed by atoms with Crippen molar-refractivity contribution >= 4 is 5.97 Å². The molecule has 0 fully saturated rings. The number of benzene rings is 1. The highest BCUT2D eigenvalue weighted by atomic mass is 16.6. The van der Waals surface area contributed by atoms with Crippen LogP contribution < -0.4 is 4.74 Å². The molecular weight excluding hydrogens is 218 g/mol. The fraction of sp³-hybridized carbons (Fsp3) is 0.385. The number of cyclic esters (lactones) is 1. The molecule has 17 heavy (non-hydrogen) atoms. The van der Waals surface area contributed by atoms with E-state index in [1.807, 2.05) is 26.0 Å². The molecule has 0 saturated heterocycles. The lowest BCUT2D eigenvalue weighted by Crippen LogP contribution is -2.03. The van der Waals surface area contributed by atoms with E-state index in [1.165, 1.54) is 7.11 Å². The van der Waals surface area contributed by atoms with E-state index in [0.29, 0.717) is 16.9 Å². The fourth-order valence-corrected chi connectivity index (χ4v) is 2.26. The summed E-state index contributed by atoms with van der Waals surface area (Å²) in [5.41, 5.74) is 3.02. The average Bonchev–Trinajstić information content (AvgIpc) is 2.64. The molecule has 0 saturated carbocycles. The maximum absolute atomic E-state index is 11.7. The first-order valence-corrected chi connectivity index (χ1v) is 5.45. The maximum atomic E-state index is 11.7. The number of nitrogens with zero attached hydrogens (tertiary/aromatic N) is 1. The van der Waals surface area contributed by atoms with E-state index in [-0.39, 0.29) is 0 Å². The van der Waals surface area contributed by atoms with Crippen LogP contribution in [0.15, 0.2) is 6.07 Å². The van der Waals surface area contributed by atoms with Crippen molar-refractivity contribution in [1.82, 2.24) is 0 Å². The number of fused-ring (bicyclic) bond motifs is 1. The lowest BCUT2D eigenvalue weighted by atomic mass is 9.95. The standard InChI is InChI=1S/C13H13NO3/c1-4-8-7(2)5-9-10(6-14)17-13(15)11(9)12(8)16-3/h5,10H,4H2,1-3H3. The highest BCUT2D eigenvalue weighted by Crippen LogP contribution is 2.40. The predicted molar refractivity (Wildman–Crippen MR) is 60.9 cm³/mol. The van der Waals surface area contributed by atoms with Gasteiger partial charge in [0.05, 0.1) is 7.11 Å². The number of methoxy groups -OCH3 is 1. The SMILES string of the molecule is CCc1c(C)cc2c(c1OC)C(=O)OC2C#N. The lowest BCUT2D eigenvalue weighted by Gasteiger charge is -2.13. The molecule has 1 aliphatic rings. The van der Waals surface area contributed by atoms with Gasteiger partial charge in [0.25, 0.3) is 0 Å². The van der Waals surface area contributed by atoms with Gasteiger partial charge in [-0.2, -0.15) is 5.26 Å². The molecule has 0 amide bonds. The molecule has 1 aromatic carbocycles. The summed E-state index contributed by atoms with van der Waals surface area (Å²) in [4.78, 5) is 11.7. The molecular formula is C13H13NO3. The summed E-state index contributed by atoms with van der Waals surface area (Å²) in [6.07, 6.45) is -0.0386. The van der Waals surface area contributed by atoms with Gasteiger partial charge in [0, 0.05) is 5.56 Å². The van der Waals surface area contributed by atoms with Crippen LogP contribution >= 0.6 is 0 Å². The third kappa shape index (κ3) is 1.55. The number of hydrogen-bond acceptors (Lipinski definition) is 4. The summed E-state index contributed by atoms with van der Waals surface area (Å²) in [6, 6.07) is 3.81. The molecule has 0 bridgehead atoms. The van der Waals surface area contributed by atoms with Gasteiger partial charge in [0.2, 0.25) is 6.10 Å². The van der Waals surface area contributed by atoms with Crippen molar-refractivity contribution in [3.63, 3.8) is 0 Å². The van der Waals surface area contributed by atoms with Crippen LogP contribution in [0.3, 0.4) is 0 Å². The molecule has 0 spiro atoms. The van der Waals surface area contributed by atoms with E-state index in [2.05, 4.69) is 0 Å². The van der Waals surface area contributed by atoms with Gasteiger partial charge in [-0.05, 0) is 30.5 Å². The van der Waals surface area contributed by atoms with E-state index >= 15 is 0 Å². The highest BCUT2D eigenvalue weighted by molar-refractivity contribution is 5.98. The second kappa shape index (κ2) is 4.10. The second-order valence-corrected chi connectivity index (χ2v) is 3.94. The average molecular weight is 231 g/mol. The summed E-state index contributed by atoms with van der Waals surface area (Å²) in [5, 5.41) is 8.94. The number of aryl methyl sites for hydroxylation is 1. The van der Waals surface area contributed by atoms with Crippen molar-refractivity contribution < 1.29 is 14.3 Å². The Balaban J connectivity index is 2.75. The van der Waals surface area contributed by atoms with E-state index < -0.39 is 12.1 Å². The van der Waals surface area contributed by atoms with E-state index in [1.54, 1.807) is 0 Å². The molecule has 1 atom stereocenters. The van der Waals surface area contributed by atoms with Crippen molar-refractivity contribution in [2.45, 2.75) is 26.4 Å². The van der Waals surface area contributed by atoms with Gasteiger partial charge in [0.15, 0.2) is 0 Å². The van der Waals surface area contributed by atoms with Crippen LogP contribution in [0.2, 0.25) is 0 Å². The van der Waals surface area contributed by atoms with Crippen LogP contribution in [-0.4, -0.2) is 13.1 Å². The monoisotopic (exact) mass is 231 g/mol. The molecule has 0 aromatic heterocycles. The molecule has 1 heterocycles. The van der Waals surface area contributed by atoms with Gasteiger partial charge in [-0.1, -0.05) is 6.92 Å². The number of rotatable bonds is 2. The summed E-state index contributed by atoms with van der Waals surface area (Å²) in [6.45, 7) is 3.94. The summed E-state index contributed by atoms with van der Waals surface area (Å²) < 4.78 is 10.3. The van der Waals surface area contributed by atoms with Crippen molar-refractivity contribution in [2.24, 2.45) is 0 Å². The molecule has 4 heteroatoms. The Morgan fingerprint density at radius 1 is 1.59 bits per heavy atom. The molecule has 1 aliphatic heterocycles. The first-order valence-electron chi connectivity index (χ1n) is 5.45. The van der Waals surface area contributed by atoms with Crippen LogP contribution in [0, 0.1) is 18.3 Å². The van der Waals surface area contributed by atoms with Crippen LogP contribution in [0.25, 0.3) is 0 Å². The quantitative estimate of drug-likeness (QED) is 0.733. The normalized spacial score (nSPS) is 17.3. The van der Waals surface area contributed by atoms with E-state index in [4.69, 9.17) is 14.7 Å². The highest BCUT2D eigenvalue weighted by Gasteiger charge is 2.35. The number of carbonyl (C=O) groups excluding carboxylic acids is 1. The third-order valence-electron chi connectivity index (χ3n) is 3.02. The third-order valence-corrected chi connectivity index (χ3v) is 3.02. The summed E-state index contributed by atoms with van der Waals surface area (Å²) in [5.74, 6) is 0.0725. The first-order chi connectivity index (χ1) is 8.13. The van der Waals surface area contributed by atoms with Crippen molar-refractivity contribution in [2.75, 3.05) is 7.11 Å². The number of hydrogen-bond donors (Lipinski definition) is 0. The zero-order valence-corrected chi connectivity index (χ0v) is 10.0. The smallest absolute Gasteiger partial charge is 0.344 e. The molecule has 2 rings (SSSR count). The van der Waals surface area contributed by atoms with Gasteiger partial charge in [-0.3, -0.25) is 0 Å². The van der Waals surface area contributed by atoms with Gasteiger partial charge in [0.1, 0.15) is 17.4 Å². The van der Waals surface area contributed by atoms with Crippen LogP contribution in [-0.2, 0) is 11.2 Å². The van der Waals surface area contributed by atoms with Crippen LogP contribution in [0.4, 0.5) is 0 Å². The minimum Gasteiger partial charge on any atom is -0.496 e. The number of ether oxygens (including phenoxy) is 2. The first kappa shape index (κ1) is 11.5. The molecule has 4 nitrogen and oxygen atoms in total. The predicted octanol–water partition coefficient (Wildman–Crippen LogP) is 2.30. The Labute approximate surface area is 99.8 Å². The Morgan fingerprint density at radius 2 is 2.29 bits per heavy atom. The Bertz CT molecular complexity index is 528. The molecule has 1 aromatic rings. The molecule has 0 radical (unpaired) electrons. The van der Waals surface area contributed by atoms with Gasteiger partial charge in [-0.25, -0.2) is 4.79 Å². The number of carbonyl (C=O) groups is 1. The van der Waals surface area contributed by atoms with Crippen LogP contribution in [0.1, 0.15) is 40.1 Å². The topological polar surface area (TPSA) is 59.3 Å². The van der Waals surface area contributed by atoms with E-state index in [9.17, 15) is 4.79 Å². The summed E-state index contributed by atoms with van der Waals surface area (Å²) in [7, 11) is 1.53. The molecule has 88 valence electrons. The Hall–Kier alpha value is -2.02. The number of nitriles is 1. The lowest BCUT2D eigenvalue weighted by molar-refractivity contribution is 0.0476. The summed E-state index contributed by atoms with van der Waals surface area (Å²) >= 11 is 0. The second-order valence-electron chi connectivity index (χ2n) is 3.94. The van der Waals surface area contributed by atoms with Gasteiger partial charge in [-0.15, -0.1) is 0 Å². The zero-order chi connectivity index (χ0) is 12.6. The Kier molecular flexibility index (Phi) is 2.76. The van der Waals surface area contributed by atoms with Crippen molar-refractivity contribution in [1.29, 1.82) is 5.26 Å². The molecule has 0 N–H and O–H groups in total.